The van der Waals surface area contributed by atoms with Crippen LogP contribution in [0.4, 0.5) is 0 Å². The molecule has 2 aliphatic heterocycles. The zero-order chi connectivity index (χ0) is 23.8. The third kappa shape index (κ3) is 10.2. The third-order valence-electron chi connectivity index (χ3n) is 3.78. The maximum Gasteiger partial charge on any atom is 0.326 e. The van der Waals surface area contributed by atoms with E-state index in [1.165, 1.54) is 0 Å². The van der Waals surface area contributed by atoms with E-state index in [0.717, 1.165) is 14.2 Å². The molecule has 5 N–H and O–H groups in total. The Bertz CT molecular complexity index is 665. The first-order valence-corrected chi connectivity index (χ1v) is 8.38. The van der Waals surface area contributed by atoms with E-state index >= 15 is 0 Å². The molecule has 186 valence electrons. The normalized spacial score (nSPS) is 21.6. The largest absolute Gasteiger partial charge is 0.400 e. The second-order valence-electron chi connectivity index (χ2n) is 5.44. The summed E-state index contributed by atoms with van der Waals surface area (Å²) in [4.78, 5) is 38.5. The molecule has 14 heteroatoms. The van der Waals surface area contributed by atoms with Crippen LogP contribution in [0.1, 0.15) is 27.7 Å². The Morgan fingerprint density at radius 1 is 0.938 bits per heavy atom. The Hall–Kier alpha value is -2.51. The van der Waals surface area contributed by atoms with Gasteiger partial charge in [0.1, 0.15) is 0 Å². The number of rotatable bonds is 10. The quantitative estimate of drug-likeness (QED) is 0.0739. The van der Waals surface area contributed by atoms with Crippen LogP contribution in [-0.4, -0.2) is 123 Å². The molecule has 0 unspecified atom stereocenters. The van der Waals surface area contributed by atoms with Crippen LogP contribution in [0.15, 0.2) is 0 Å². The summed E-state index contributed by atoms with van der Waals surface area (Å²) in [5.41, 5.74) is 13.4. The number of nitrogens with zero attached hydrogens (tertiary/aromatic N) is 4. The average molecular weight is 466 g/mol. The number of epoxide rings is 2. The molecule has 0 amide bonds. The van der Waals surface area contributed by atoms with Gasteiger partial charge in [0.15, 0.2) is 11.4 Å². The van der Waals surface area contributed by atoms with Crippen molar-refractivity contribution in [3.63, 3.8) is 0 Å². The zero-order valence-electron chi connectivity index (χ0n) is 16.5. The molecule has 2 fully saturated rings. The number of aliphatic hydroxyl groups is 5. The Balaban J connectivity index is -0.000000201. The lowest BCUT2D eigenvalue weighted by Gasteiger charge is -2.12. The van der Waals surface area contributed by atoms with Crippen LogP contribution in [0.5, 0.6) is 0 Å². The van der Waals surface area contributed by atoms with Gasteiger partial charge >= 0.3 is 12.4 Å². The van der Waals surface area contributed by atoms with Crippen molar-refractivity contribution in [2.45, 2.75) is 45.0 Å². The third-order valence-corrected chi connectivity index (χ3v) is 3.78. The van der Waals surface area contributed by atoms with Gasteiger partial charge in [-0.2, -0.15) is 9.58 Å². The van der Waals surface area contributed by atoms with Crippen LogP contribution < -0.4 is 0 Å². The molecule has 0 bridgehead atoms. The molecule has 2 rings (SSSR count). The fraction of sp³-hybridized carbons (Fsp3) is 0.722. The van der Waals surface area contributed by atoms with Gasteiger partial charge in [0.25, 0.3) is 11.6 Å². The Morgan fingerprint density at radius 3 is 1.69 bits per heavy atom. The van der Waals surface area contributed by atoms with Gasteiger partial charge in [0.2, 0.25) is 5.60 Å². The van der Waals surface area contributed by atoms with Crippen LogP contribution in [0, 0.1) is 0 Å². The van der Waals surface area contributed by atoms with E-state index in [4.69, 9.17) is 41.0 Å². The van der Waals surface area contributed by atoms with Gasteiger partial charge in [0, 0.05) is 27.2 Å². The van der Waals surface area contributed by atoms with Crippen molar-refractivity contribution in [1.82, 2.24) is 0 Å². The maximum atomic E-state index is 11.2. The fourth-order valence-corrected chi connectivity index (χ4v) is 2.07. The Kier molecular flexibility index (Phi) is 22.1. The van der Waals surface area contributed by atoms with E-state index in [1.54, 1.807) is 0 Å². The van der Waals surface area contributed by atoms with Gasteiger partial charge in [-0.3, -0.25) is 14.4 Å². The fourth-order valence-electron chi connectivity index (χ4n) is 2.07. The summed E-state index contributed by atoms with van der Waals surface area (Å²) in [6, 6.07) is 0. The number of aliphatic hydroxyl groups excluding tert-OH is 5. The molecule has 0 aromatic heterocycles. The van der Waals surface area contributed by atoms with Crippen LogP contribution in [0.25, 0.3) is 11.1 Å². The Morgan fingerprint density at radius 2 is 1.38 bits per heavy atom. The minimum absolute atomic E-state index is 0. The number of hydrogen-bond acceptors (Lipinski definition) is 10. The minimum Gasteiger partial charge on any atom is -0.400 e. The molecular weight excluding hydrogens is 432 g/mol. The predicted octanol–water partition coefficient (Wildman–Crippen LogP) is -2.57. The highest BCUT2D eigenvalue weighted by Gasteiger charge is 2.59. The van der Waals surface area contributed by atoms with Crippen molar-refractivity contribution < 1.29 is 59.0 Å². The van der Waals surface area contributed by atoms with Crippen LogP contribution in [-0.2, 0) is 23.9 Å². The van der Waals surface area contributed by atoms with Gasteiger partial charge in [0.05, 0.1) is 25.9 Å². The average Bonchev–Trinajstić information content (AvgIpc) is 3.66. The van der Waals surface area contributed by atoms with E-state index in [-0.39, 0.29) is 54.1 Å². The summed E-state index contributed by atoms with van der Waals surface area (Å²) in [6.45, 7) is -0.459. The molecule has 0 aromatic rings. The summed E-state index contributed by atoms with van der Waals surface area (Å²) in [7, 11) is 2.00. The molecular formula is C18H34N4O10. The lowest BCUT2D eigenvalue weighted by atomic mass is 9.97. The zero-order valence-corrected chi connectivity index (χ0v) is 16.5. The van der Waals surface area contributed by atoms with Crippen molar-refractivity contribution in [2.24, 2.45) is 0 Å². The first kappa shape index (κ1) is 36.8. The maximum absolute atomic E-state index is 11.2. The lowest BCUT2D eigenvalue weighted by Crippen LogP contribution is -2.39. The van der Waals surface area contributed by atoms with Gasteiger partial charge in [-0.05, 0) is 6.42 Å². The summed E-state index contributed by atoms with van der Waals surface area (Å²) in [5.74, 6) is -1.76. The molecule has 2 heterocycles. The molecule has 0 saturated carbocycles. The van der Waals surface area contributed by atoms with Gasteiger partial charge in [-0.15, -0.1) is 0 Å². The van der Waals surface area contributed by atoms with Gasteiger partial charge in [-0.1, -0.05) is 14.9 Å². The molecule has 0 spiro atoms. The van der Waals surface area contributed by atoms with Crippen molar-refractivity contribution in [3.05, 3.63) is 11.1 Å². The van der Waals surface area contributed by atoms with Crippen LogP contribution >= 0.6 is 0 Å². The van der Waals surface area contributed by atoms with Gasteiger partial charge in [-0.25, -0.2) is 0 Å². The highest BCUT2D eigenvalue weighted by molar-refractivity contribution is 6.37. The SMILES string of the molecule is C.C.CO.CO.[N-]=[N+]=CC(=O)[C@]1(C(=O)CCO)CO1.[N-]=[N+]=CC(=O)[C@]1([C@H](O)CCO)CO1. The van der Waals surface area contributed by atoms with Crippen molar-refractivity contribution >= 4 is 29.8 Å². The Labute approximate surface area is 186 Å². The molecule has 3 atom stereocenters. The van der Waals surface area contributed by atoms with Crippen molar-refractivity contribution in [1.29, 1.82) is 0 Å². The smallest absolute Gasteiger partial charge is 0.326 e. The van der Waals surface area contributed by atoms with Crippen molar-refractivity contribution in [2.75, 3.05) is 40.6 Å². The molecule has 0 aliphatic carbocycles. The van der Waals surface area contributed by atoms with E-state index in [1.807, 2.05) is 0 Å². The highest BCUT2D eigenvalue weighted by Crippen LogP contribution is 2.33. The topological polar surface area (TPSA) is 250 Å². The molecule has 32 heavy (non-hydrogen) atoms. The number of ketones is 3. The van der Waals surface area contributed by atoms with E-state index in [2.05, 4.69) is 9.58 Å². The van der Waals surface area contributed by atoms with Crippen LogP contribution in [0.2, 0.25) is 0 Å². The summed E-state index contributed by atoms with van der Waals surface area (Å²) in [5, 5.41) is 40.4. The summed E-state index contributed by atoms with van der Waals surface area (Å²) < 4.78 is 9.52. The number of carbonyl (C=O) groups is 3. The predicted molar refractivity (Wildman–Crippen MR) is 111 cm³/mol. The number of ether oxygens (including phenoxy) is 2. The first-order chi connectivity index (χ1) is 14.3. The summed E-state index contributed by atoms with van der Waals surface area (Å²) >= 11 is 0. The molecule has 0 radical (unpaired) electrons. The lowest BCUT2D eigenvalue weighted by molar-refractivity contribution is -0.133. The summed E-state index contributed by atoms with van der Waals surface area (Å²) in [6.07, 6.45) is 0.189. The second kappa shape index (κ2) is 19.2. The van der Waals surface area contributed by atoms with Crippen LogP contribution in [0.3, 0.4) is 0 Å². The second-order valence-corrected chi connectivity index (χ2v) is 5.44. The number of hydrogen-bond donors (Lipinski definition) is 5. The monoisotopic (exact) mass is 466 g/mol. The van der Waals surface area contributed by atoms with E-state index < -0.39 is 34.7 Å². The molecule has 2 aliphatic rings. The molecule has 14 nitrogen and oxygen atoms in total. The van der Waals surface area contributed by atoms with E-state index in [9.17, 15) is 19.5 Å². The highest BCUT2D eigenvalue weighted by atomic mass is 16.6. The standard InChI is InChI=1S/C7H10N2O4.C7H8N2O4.2CH4O.2CH4/c2*8-9-3-6(12)7(4-13-7)5(11)1-2-10;2*1-2;;/h3,5,10-11H,1-2,4H2;3,10H,1-2,4H2;2*2H,1H3;2*1H4/t5-,7-;7-;;;;/m11..../s1. The number of carbonyl (C=O) groups excluding carboxylic acids is 3. The van der Waals surface area contributed by atoms with Crippen molar-refractivity contribution in [3.8, 4) is 0 Å². The van der Waals surface area contributed by atoms with E-state index in [0.29, 0.717) is 12.4 Å². The first-order valence-electron chi connectivity index (χ1n) is 8.38. The number of Topliss-reactive ketones (excluding diaryl/α,β-unsaturated/α-hetero) is 3. The molecule has 2 saturated heterocycles. The van der Waals surface area contributed by atoms with Gasteiger partial charge < -0.3 is 46.1 Å². The molecule has 0 aromatic carbocycles. The minimum atomic E-state index is -1.48.